The lowest BCUT2D eigenvalue weighted by Gasteiger charge is -2.31. The van der Waals surface area contributed by atoms with Crippen molar-refractivity contribution in [3.63, 3.8) is 0 Å². The highest BCUT2D eigenvalue weighted by molar-refractivity contribution is 7.07. The topological polar surface area (TPSA) is 32.3 Å². The quantitative estimate of drug-likeness (QED) is 0.860. The predicted octanol–water partition coefficient (Wildman–Crippen LogP) is 4.03. The average Bonchev–Trinajstić information content (AvgIpc) is 2.96. The molecule has 1 aliphatic rings. The van der Waals surface area contributed by atoms with E-state index in [0.29, 0.717) is 11.8 Å². The predicted molar refractivity (Wildman–Crippen MR) is 89.2 cm³/mol. The Hall–Kier alpha value is -0.870. The van der Waals surface area contributed by atoms with Gasteiger partial charge in [-0.15, -0.1) is 0 Å². The van der Waals surface area contributed by atoms with Crippen molar-refractivity contribution < 1.29 is 4.79 Å². The van der Waals surface area contributed by atoms with Gasteiger partial charge in [-0.1, -0.05) is 27.7 Å². The normalized spacial score (nSPS) is 24.3. The monoisotopic (exact) mass is 308 g/mol. The Balaban J connectivity index is 2.21. The van der Waals surface area contributed by atoms with Gasteiger partial charge in [0.1, 0.15) is 6.17 Å². The number of amides is 1. The van der Waals surface area contributed by atoms with Crippen molar-refractivity contribution in [2.45, 2.75) is 65.7 Å². The van der Waals surface area contributed by atoms with E-state index in [-0.39, 0.29) is 24.2 Å². The minimum absolute atomic E-state index is 0.0375. The highest BCUT2D eigenvalue weighted by Crippen LogP contribution is 2.32. The summed E-state index contributed by atoms with van der Waals surface area (Å²) in [6, 6.07) is 2.36. The summed E-state index contributed by atoms with van der Waals surface area (Å²) in [6.45, 7) is 11.0. The molecular weight excluding hydrogens is 280 g/mol. The van der Waals surface area contributed by atoms with Crippen molar-refractivity contribution in [1.82, 2.24) is 10.2 Å². The molecule has 1 aliphatic heterocycles. The molecule has 2 rings (SSSR count). The van der Waals surface area contributed by atoms with E-state index in [1.54, 1.807) is 11.3 Å². The van der Waals surface area contributed by atoms with Crippen LogP contribution in [0.15, 0.2) is 16.8 Å². The molecule has 0 spiro atoms. The number of nitrogens with zero attached hydrogens (tertiary/aromatic N) is 1. The van der Waals surface area contributed by atoms with Crippen LogP contribution in [-0.2, 0) is 4.79 Å². The van der Waals surface area contributed by atoms with Gasteiger partial charge in [-0.05, 0) is 54.0 Å². The fourth-order valence-electron chi connectivity index (χ4n) is 3.24. The Morgan fingerprint density at radius 2 is 1.95 bits per heavy atom. The lowest BCUT2D eigenvalue weighted by atomic mass is 10.0. The first-order chi connectivity index (χ1) is 9.90. The number of carbonyl (C=O) groups excluding carboxylic acids is 1. The number of nitrogens with one attached hydrogen (secondary N) is 1. The lowest BCUT2D eigenvalue weighted by Crippen LogP contribution is -2.39. The number of rotatable bonds is 6. The van der Waals surface area contributed by atoms with Gasteiger partial charge in [0.25, 0.3) is 0 Å². The van der Waals surface area contributed by atoms with Crippen LogP contribution in [0.3, 0.4) is 0 Å². The molecule has 1 aromatic rings. The third-order valence-electron chi connectivity index (χ3n) is 4.04. The standard InChI is InChI=1S/C17H28N2OS/c1-11(2)8-13(5)19-16(14-6-7-21-10-14)18-15(17(19)20)9-12(3)4/h6-7,10-13,15-16,18H,8-9H2,1-5H3. The first-order valence-corrected chi connectivity index (χ1v) is 8.94. The zero-order chi connectivity index (χ0) is 15.6. The van der Waals surface area contributed by atoms with Gasteiger partial charge in [-0.25, -0.2) is 0 Å². The Labute approximate surface area is 132 Å². The van der Waals surface area contributed by atoms with Crippen LogP contribution < -0.4 is 5.32 Å². The summed E-state index contributed by atoms with van der Waals surface area (Å²) >= 11 is 1.69. The molecule has 1 aromatic heterocycles. The Morgan fingerprint density at radius 1 is 1.24 bits per heavy atom. The van der Waals surface area contributed by atoms with Crippen molar-refractivity contribution >= 4 is 17.2 Å². The summed E-state index contributed by atoms with van der Waals surface area (Å²) in [7, 11) is 0. The van der Waals surface area contributed by atoms with Gasteiger partial charge in [0.05, 0.1) is 6.04 Å². The summed E-state index contributed by atoms with van der Waals surface area (Å²) in [5.41, 5.74) is 1.22. The minimum Gasteiger partial charge on any atom is -0.319 e. The Bertz CT molecular complexity index is 455. The minimum atomic E-state index is -0.0375. The summed E-state index contributed by atoms with van der Waals surface area (Å²) in [5, 5.41) is 7.80. The smallest absolute Gasteiger partial charge is 0.241 e. The number of hydrogen-bond acceptors (Lipinski definition) is 3. The van der Waals surface area contributed by atoms with Gasteiger partial charge in [0, 0.05) is 6.04 Å². The molecule has 0 aromatic carbocycles. The SMILES string of the molecule is CC(C)CC1NC(c2ccsc2)N(C(C)CC(C)C)C1=O. The van der Waals surface area contributed by atoms with Crippen LogP contribution in [0.5, 0.6) is 0 Å². The largest absolute Gasteiger partial charge is 0.319 e. The van der Waals surface area contributed by atoms with Crippen molar-refractivity contribution in [3.8, 4) is 0 Å². The van der Waals surface area contributed by atoms with Crippen LogP contribution in [0.2, 0.25) is 0 Å². The molecule has 1 fully saturated rings. The Morgan fingerprint density at radius 3 is 2.48 bits per heavy atom. The van der Waals surface area contributed by atoms with Gasteiger partial charge in [-0.2, -0.15) is 11.3 Å². The van der Waals surface area contributed by atoms with Crippen molar-refractivity contribution in [3.05, 3.63) is 22.4 Å². The molecule has 0 bridgehead atoms. The molecule has 1 amide bonds. The second kappa shape index (κ2) is 6.93. The second-order valence-corrected chi connectivity index (χ2v) is 7.81. The maximum atomic E-state index is 12.8. The molecule has 0 aliphatic carbocycles. The molecule has 3 atom stereocenters. The zero-order valence-corrected chi connectivity index (χ0v) is 14.6. The molecule has 3 unspecified atom stereocenters. The van der Waals surface area contributed by atoms with E-state index in [2.05, 4.69) is 61.7 Å². The summed E-state index contributed by atoms with van der Waals surface area (Å²) < 4.78 is 0. The van der Waals surface area contributed by atoms with Crippen molar-refractivity contribution in [1.29, 1.82) is 0 Å². The van der Waals surface area contributed by atoms with Gasteiger partial charge in [0.2, 0.25) is 5.91 Å². The number of hydrogen-bond donors (Lipinski definition) is 1. The van der Waals surface area contributed by atoms with Gasteiger partial charge < -0.3 is 4.90 Å². The summed E-state index contributed by atoms with van der Waals surface area (Å²) in [5.74, 6) is 1.39. The molecule has 0 saturated carbocycles. The van der Waals surface area contributed by atoms with E-state index in [0.717, 1.165) is 12.8 Å². The Kier molecular flexibility index (Phi) is 5.44. The summed E-state index contributed by atoms with van der Waals surface area (Å²) in [6.07, 6.45) is 1.99. The maximum Gasteiger partial charge on any atom is 0.241 e. The lowest BCUT2D eigenvalue weighted by molar-refractivity contribution is -0.132. The molecule has 3 nitrogen and oxygen atoms in total. The van der Waals surface area contributed by atoms with Crippen molar-refractivity contribution in [2.75, 3.05) is 0 Å². The van der Waals surface area contributed by atoms with E-state index in [1.165, 1.54) is 5.56 Å². The molecule has 1 saturated heterocycles. The fourth-order valence-corrected chi connectivity index (χ4v) is 3.92. The summed E-state index contributed by atoms with van der Waals surface area (Å²) in [4.78, 5) is 14.9. The second-order valence-electron chi connectivity index (χ2n) is 7.03. The first kappa shape index (κ1) is 16.5. The molecule has 0 radical (unpaired) electrons. The molecule has 4 heteroatoms. The maximum absolute atomic E-state index is 12.8. The molecular formula is C17H28N2OS. The van der Waals surface area contributed by atoms with Crippen LogP contribution in [0, 0.1) is 11.8 Å². The van der Waals surface area contributed by atoms with Crippen LogP contribution in [0.25, 0.3) is 0 Å². The van der Waals surface area contributed by atoms with Crippen LogP contribution in [-0.4, -0.2) is 22.9 Å². The van der Waals surface area contributed by atoms with Crippen LogP contribution in [0.1, 0.15) is 59.2 Å². The van der Waals surface area contributed by atoms with E-state index >= 15 is 0 Å². The molecule has 21 heavy (non-hydrogen) atoms. The van der Waals surface area contributed by atoms with Crippen LogP contribution >= 0.6 is 11.3 Å². The first-order valence-electron chi connectivity index (χ1n) is 8.00. The highest BCUT2D eigenvalue weighted by Gasteiger charge is 2.42. The van der Waals surface area contributed by atoms with Gasteiger partial charge in [0.15, 0.2) is 0 Å². The molecule has 1 N–H and O–H groups in total. The van der Waals surface area contributed by atoms with Crippen LogP contribution in [0.4, 0.5) is 0 Å². The highest BCUT2D eigenvalue weighted by atomic mass is 32.1. The van der Waals surface area contributed by atoms with E-state index in [1.807, 2.05) is 0 Å². The van der Waals surface area contributed by atoms with Crippen molar-refractivity contribution in [2.24, 2.45) is 11.8 Å². The van der Waals surface area contributed by atoms with E-state index in [9.17, 15) is 4.79 Å². The zero-order valence-electron chi connectivity index (χ0n) is 13.8. The van der Waals surface area contributed by atoms with E-state index < -0.39 is 0 Å². The fraction of sp³-hybridized carbons (Fsp3) is 0.706. The van der Waals surface area contributed by atoms with Gasteiger partial charge >= 0.3 is 0 Å². The third kappa shape index (κ3) is 3.86. The molecule has 118 valence electrons. The molecule has 2 heterocycles. The number of thiophene rings is 1. The third-order valence-corrected chi connectivity index (χ3v) is 4.74. The van der Waals surface area contributed by atoms with Gasteiger partial charge in [-0.3, -0.25) is 10.1 Å². The number of carbonyl (C=O) groups is 1. The van der Waals surface area contributed by atoms with E-state index in [4.69, 9.17) is 0 Å². The average molecular weight is 308 g/mol.